The highest BCUT2D eigenvalue weighted by molar-refractivity contribution is 9.10. The number of rotatable bonds is 3. The molecule has 1 N–H and O–H groups in total. The van der Waals surface area contributed by atoms with E-state index in [0.29, 0.717) is 0 Å². The Morgan fingerprint density at radius 3 is 2.89 bits per heavy atom. The Morgan fingerprint density at radius 1 is 1.50 bits per heavy atom. The lowest BCUT2D eigenvalue weighted by Gasteiger charge is -2.40. The van der Waals surface area contributed by atoms with Crippen LogP contribution >= 0.6 is 27.7 Å². The van der Waals surface area contributed by atoms with Crippen molar-refractivity contribution in [3.63, 3.8) is 0 Å². The Kier molecular flexibility index (Phi) is 4.40. The molecule has 0 bridgehead atoms. The van der Waals surface area contributed by atoms with E-state index in [2.05, 4.69) is 48.1 Å². The monoisotopic (exact) mass is 331 g/mol. The third-order valence-electron chi connectivity index (χ3n) is 3.39. The summed E-state index contributed by atoms with van der Waals surface area (Å²) in [7, 11) is 0. The van der Waals surface area contributed by atoms with Crippen LogP contribution in [0.25, 0.3) is 0 Å². The summed E-state index contributed by atoms with van der Waals surface area (Å²) >= 11 is 5.22. The molecular weight excluding hydrogens is 313 g/mol. The third kappa shape index (κ3) is 2.75. The van der Waals surface area contributed by atoms with E-state index < -0.39 is 0 Å². The molecule has 0 radical (unpaired) electrons. The second kappa shape index (κ2) is 5.51. The SMILES string of the molecule is CCCNC1c2cc(Br)cc(F)c2CSC1(C)C. The fourth-order valence-corrected chi connectivity index (χ4v) is 4.04. The summed E-state index contributed by atoms with van der Waals surface area (Å²) in [6.45, 7) is 7.57. The molecule has 0 saturated carbocycles. The molecule has 0 amide bonds. The van der Waals surface area contributed by atoms with Crippen LogP contribution in [0.3, 0.4) is 0 Å². The highest BCUT2D eigenvalue weighted by atomic mass is 79.9. The van der Waals surface area contributed by atoms with Gasteiger partial charge in [-0.3, -0.25) is 0 Å². The molecule has 100 valence electrons. The van der Waals surface area contributed by atoms with Gasteiger partial charge in [0.1, 0.15) is 5.82 Å². The van der Waals surface area contributed by atoms with E-state index in [4.69, 9.17) is 0 Å². The minimum absolute atomic E-state index is 0.0920. The quantitative estimate of drug-likeness (QED) is 0.864. The van der Waals surface area contributed by atoms with Crippen LogP contribution in [-0.2, 0) is 5.75 Å². The Balaban J connectivity index is 2.43. The van der Waals surface area contributed by atoms with Gasteiger partial charge in [-0.05, 0) is 44.5 Å². The van der Waals surface area contributed by atoms with Crippen LogP contribution in [-0.4, -0.2) is 11.3 Å². The first kappa shape index (κ1) is 14.4. The van der Waals surface area contributed by atoms with Crippen molar-refractivity contribution in [1.82, 2.24) is 5.32 Å². The Labute approximate surface area is 121 Å². The number of hydrogen-bond acceptors (Lipinski definition) is 2. The summed E-state index contributed by atoms with van der Waals surface area (Å²) in [6, 6.07) is 3.83. The van der Waals surface area contributed by atoms with Gasteiger partial charge in [0.2, 0.25) is 0 Å². The molecule has 1 aromatic rings. The molecule has 4 heteroatoms. The van der Waals surface area contributed by atoms with Crippen LogP contribution in [0.4, 0.5) is 4.39 Å². The van der Waals surface area contributed by atoms with E-state index in [1.54, 1.807) is 6.07 Å². The van der Waals surface area contributed by atoms with Crippen LogP contribution in [0, 0.1) is 5.82 Å². The molecule has 0 aromatic heterocycles. The largest absolute Gasteiger partial charge is 0.309 e. The maximum atomic E-state index is 14.0. The van der Waals surface area contributed by atoms with Gasteiger partial charge < -0.3 is 5.32 Å². The zero-order valence-electron chi connectivity index (χ0n) is 11.0. The zero-order chi connectivity index (χ0) is 13.3. The lowest BCUT2D eigenvalue weighted by molar-refractivity contribution is 0.435. The lowest BCUT2D eigenvalue weighted by atomic mass is 9.90. The standard InChI is InChI=1S/C14H19BrFNS/c1-4-5-17-13-10-6-9(15)7-12(16)11(10)8-18-14(13,2)3/h6-7,13,17H,4-5,8H2,1-3H3. The first-order chi connectivity index (χ1) is 8.45. The molecule has 18 heavy (non-hydrogen) atoms. The maximum Gasteiger partial charge on any atom is 0.128 e. The van der Waals surface area contributed by atoms with E-state index in [1.807, 2.05) is 11.8 Å². The van der Waals surface area contributed by atoms with Crippen LogP contribution in [0.2, 0.25) is 0 Å². The maximum absolute atomic E-state index is 14.0. The van der Waals surface area contributed by atoms with Crippen molar-refractivity contribution >= 4 is 27.7 Å². The summed E-state index contributed by atoms with van der Waals surface area (Å²) in [6.07, 6.45) is 1.09. The summed E-state index contributed by atoms with van der Waals surface area (Å²) in [4.78, 5) is 0. The number of nitrogens with one attached hydrogen (secondary N) is 1. The molecule has 0 fully saturated rings. The minimum Gasteiger partial charge on any atom is -0.309 e. The Bertz CT molecular complexity index is 448. The van der Waals surface area contributed by atoms with Gasteiger partial charge in [0.25, 0.3) is 0 Å². The van der Waals surface area contributed by atoms with Gasteiger partial charge >= 0.3 is 0 Å². The molecule has 0 aliphatic carbocycles. The van der Waals surface area contributed by atoms with Crippen LogP contribution in [0.5, 0.6) is 0 Å². The predicted molar refractivity (Wildman–Crippen MR) is 80.5 cm³/mol. The fraction of sp³-hybridized carbons (Fsp3) is 0.571. The molecule has 1 aliphatic heterocycles. The number of halogens is 2. The van der Waals surface area contributed by atoms with E-state index in [-0.39, 0.29) is 16.6 Å². The van der Waals surface area contributed by atoms with E-state index in [9.17, 15) is 4.39 Å². The first-order valence-electron chi connectivity index (χ1n) is 6.31. The second-order valence-corrected chi connectivity index (χ2v) is 7.78. The molecular formula is C14H19BrFNS. The third-order valence-corrected chi connectivity index (χ3v) is 5.26. The van der Waals surface area contributed by atoms with E-state index in [1.165, 1.54) is 0 Å². The van der Waals surface area contributed by atoms with Crippen molar-refractivity contribution < 1.29 is 4.39 Å². The van der Waals surface area contributed by atoms with Gasteiger partial charge in [0, 0.05) is 26.6 Å². The van der Waals surface area contributed by atoms with Crippen LogP contribution in [0.1, 0.15) is 44.4 Å². The summed E-state index contributed by atoms with van der Waals surface area (Å²) in [5.41, 5.74) is 1.97. The summed E-state index contributed by atoms with van der Waals surface area (Å²) < 4.78 is 14.9. The fourth-order valence-electron chi connectivity index (χ4n) is 2.39. The van der Waals surface area contributed by atoms with Crippen LogP contribution < -0.4 is 5.32 Å². The predicted octanol–water partition coefficient (Wildman–Crippen LogP) is 4.65. The molecule has 1 aromatic carbocycles. The van der Waals surface area contributed by atoms with Crippen LogP contribution in [0.15, 0.2) is 16.6 Å². The van der Waals surface area contributed by atoms with Gasteiger partial charge in [0.05, 0.1) is 0 Å². The average Bonchev–Trinajstić information content (AvgIpc) is 2.26. The molecule has 2 rings (SSSR count). The molecule has 1 atom stereocenters. The molecule has 1 heterocycles. The van der Waals surface area contributed by atoms with Crippen molar-refractivity contribution in [3.05, 3.63) is 33.5 Å². The van der Waals surface area contributed by atoms with Gasteiger partial charge in [-0.25, -0.2) is 4.39 Å². The lowest BCUT2D eigenvalue weighted by Crippen LogP contribution is -2.40. The smallest absolute Gasteiger partial charge is 0.128 e. The average molecular weight is 332 g/mol. The van der Waals surface area contributed by atoms with Gasteiger partial charge in [0.15, 0.2) is 0 Å². The molecule has 1 nitrogen and oxygen atoms in total. The topological polar surface area (TPSA) is 12.0 Å². The highest BCUT2D eigenvalue weighted by Crippen LogP contribution is 2.46. The normalized spacial score (nSPS) is 21.7. The van der Waals surface area contributed by atoms with Gasteiger partial charge in [-0.1, -0.05) is 22.9 Å². The molecule has 0 spiro atoms. The van der Waals surface area contributed by atoms with Gasteiger partial charge in [-0.15, -0.1) is 11.8 Å². The number of benzene rings is 1. The summed E-state index contributed by atoms with van der Waals surface area (Å²) in [5.74, 6) is 0.664. The minimum atomic E-state index is -0.0920. The molecule has 0 saturated heterocycles. The first-order valence-corrected chi connectivity index (χ1v) is 8.08. The van der Waals surface area contributed by atoms with Crippen molar-refractivity contribution in [3.8, 4) is 0 Å². The van der Waals surface area contributed by atoms with E-state index >= 15 is 0 Å². The van der Waals surface area contributed by atoms with E-state index in [0.717, 1.165) is 34.3 Å². The Hall–Kier alpha value is -0.0600. The Morgan fingerprint density at radius 2 is 2.22 bits per heavy atom. The van der Waals surface area contributed by atoms with Crippen molar-refractivity contribution in [2.75, 3.05) is 6.54 Å². The number of thioether (sulfide) groups is 1. The highest BCUT2D eigenvalue weighted by Gasteiger charge is 2.37. The summed E-state index contributed by atoms with van der Waals surface area (Å²) in [5, 5.41) is 3.56. The molecule has 1 aliphatic rings. The number of hydrogen-bond donors (Lipinski definition) is 1. The number of fused-ring (bicyclic) bond motifs is 1. The second-order valence-electron chi connectivity index (χ2n) is 5.23. The van der Waals surface area contributed by atoms with Crippen molar-refractivity contribution in [2.24, 2.45) is 0 Å². The molecule has 1 unspecified atom stereocenters. The van der Waals surface area contributed by atoms with Crippen molar-refractivity contribution in [2.45, 2.75) is 43.7 Å². The van der Waals surface area contributed by atoms with Crippen molar-refractivity contribution in [1.29, 1.82) is 0 Å². The zero-order valence-corrected chi connectivity index (χ0v) is 13.4. The van der Waals surface area contributed by atoms with Gasteiger partial charge in [-0.2, -0.15) is 0 Å².